The summed E-state index contributed by atoms with van der Waals surface area (Å²) in [6.07, 6.45) is 1.75. The lowest BCUT2D eigenvalue weighted by molar-refractivity contribution is -0.00535. The van der Waals surface area contributed by atoms with E-state index >= 15 is 0 Å². The van der Waals surface area contributed by atoms with Crippen molar-refractivity contribution in [3.8, 4) is 0 Å². The van der Waals surface area contributed by atoms with Gasteiger partial charge in [-0.1, -0.05) is 0 Å². The number of aliphatic hydroxyl groups is 1. The Morgan fingerprint density at radius 3 is 2.44 bits per heavy atom. The van der Waals surface area contributed by atoms with E-state index in [4.69, 9.17) is 9.84 Å². The summed E-state index contributed by atoms with van der Waals surface area (Å²) >= 11 is 0. The van der Waals surface area contributed by atoms with Crippen LogP contribution in [0.15, 0.2) is 0 Å². The third kappa shape index (κ3) is 4.39. The summed E-state index contributed by atoms with van der Waals surface area (Å²) in [6.45, 7) is 1.37. The molecule has 1 aliphatic heterocycles. The molecule has 0 aromatic heterocycles. The monoisotopic (exact) mass is 133 g/mol. The summed E-state index contributed by atoms with van der Waals surface area (Å²) in [5, 5.41) is 8.78. The Labute approximate surface area is 55.8 Å². The molecule has 1 atom stereocenters. The van der Waals surface area contributed by atoms with E-state index in [1.165, 1.54) is 7.05 Å². The van der Waals surface area contributed by atoms with Gasteiger partial charge < -0.3 is 15.6 Å². The van der Waals surface area contributed by atoms with Gasteiger partial charge in [0.2, 0.25) is 0 Å². The number of hydrogen-bond donors (Lipinski definition) is 2. The first kappa shape index (κ1) is 8.88. The average molecular weight is 133 g/mol. The zero-order valence-electron chi connectivity index (χ0n) is 5.84. The molecule has 1 aliphatic rings. The van der Waals surface area contributed by atoms with Gasteiger partial charge in [-0.05, 0) is 19.9 Å². The van der Waals surface area contributed by atoms with Crippen molar-refractivity contribution < 1.29 is 9.84 Å². The van der Waals surface area contributed by atoms with Gasteiger partial charge in [-0.15, -0.1) is 0 Å². The van der Waals surface area contributed by atoms with E-state index in [1.807, 2.05) is 0 Å². The van der Waals surface area contributed by atoms with Crippen LogP contribution in [-0.2, 0) is 4.74 Å². The molecule has 9 heavy (non-hydrogen) atoms. The Morgan fingerprint density at radius 1 is 1.56 bits per heavy atom. The molecule has 0 aliphatic carbocycles. The lowest BCUT2D eigenvalue weighted by atomic mass is 10.2. The number of rotatable bonds is 0. The highest BCUT2D eigenvalue weighted by atomic mass is 16.5. The molecular weight excluding hydrogens is 118 g/mol. The van der Waals surface area contributed by atoms with Crippen LogP contribution in [0.3, 0.4) is 0 Å². The van der Waals surface area contributed by atoms with Crippen LogP contribution < -0.4 is 5.73 Å². The predicted molar refractivity (Wildman–Crippen MR) is 36.2 cm³/mol. The summed E-state index contributed by atoms with van der Waals surface area (Å²) in [7, 11) is 1.50. The number of nitrogens with two attached hydrogens (primary N) is 1. The van der Waals surface area contributed by atoms with Crippen molar-refractivity contribution in [3.05, 3.63) is 0 Å². The van der Waals surface area contributed by atoms with Gasteiger partial charge >= 0.3 is 0 Å². The van der Waals surface area contributed by atoms with Gasteiger partial charge in [0.25, 0.3) is 0 Å². The highest BCUT2D eigenvalue weighted by Gasteiger charge is 2.07. The zero-order valence-corrected chi connectivity index (χ0v) is 5.84. The van der Waals surface area contributed by atoms with E-state index in [-0.39, 0.29) is 6.10 Å². The van der Waals surface area contributed by atoms with Crippen molar-refractivity contribution in [3.63, 3.8) is 0 Å². The molecule has 0 aromatic carbocycles. The molecule has 0 amide bonds. The zero-order chi connectivity index (χ0) is 7.11. The van der Waals surface area contributed by atoms with E-state index < -0.39 is 0 Å². The Kier molecular flexibility index (Phi) is 5.93. The molecule has 0 saturated carbocycles. The number of aliphatic hydroxyl groups excluding tert-OH is 1. The Balaban J connectivity index is 0.000000291. The van der Waals surface area contributed by atoms with Crippen molar-refractivity contribution in [1.82, 2.24) is 0 Å². The maximum Gasteiger partial charge on any atom is 0.0774 e. The molecule has 0 spiro atoms. The highest BCUT2D eigenvalue weighted by molar-refractivity contribution is 4.57. The van der Waals surface area contributed by atoms with Gasteiger partial charge in [0, 0.05) is 6.61 Å². The van der Waals surface area contributed by atoms with Gasteiger partial charge in [0.15, 0.2) is 0 Å². The van der Waals surface area contributed by atoms with Crippen molar-refractivity contribution in [1.29, 1.82) is 0 Å². The first-order chi connectivity index (χ1) is 4.39. The molecule has 0 bridgehead atoms. The minimum atomic E-state index is -0.186. The summed E-state index contributed by atoms with van der Waals surface area (Å²) < 4.78 is 4.93. The van der Waals surface area contributed by atoms with Crippen LogP contribution >= 0.6 is 0 Å². The fourth-order valence-corrected chi connectivity index (χ4v) is 0.724. The van der Waals surface area contributed by atoms with Crippen LogP contribution in [0.2, 0.25) is 0 Å². The second kappa shape index (κ2) is 6.01. The predicted octanol–water partition coefficient (Wildman–Crippen LogP) is -0.267. The minimum Gasteiger partial charge on any atom is -0.391 e. The van der Waals surface area contributed by atoms with Crippen LogP contribution in [0, 0.1) is 0 Å². The Hall–Kier alpha value is -0.120. The van der Waals surface area contributed by atoms with E-state index in [1.54, 1.807) is 0 Å². The molecule has 0 radical (unpaired) electrons. The van der Waals surface area contributed by atoms with E-state index in [0.29, 0.717) is 6.61 Å². The molecule has 3 nitrogen and oxygen atoms in total. The van der Waals surface area contributed by atoms with Crippen molar-refractivity contribution >= 4 is 0 Å². The fourth-order valence-electron chi connectivity index (χ4n) is 0.724. The second-order valence-corrected chi connectivity index (χ2v) is 1.87. The molecule has 56 valence electrons. The molecule has 3 heteroatoms. The highest BCUT2D eigenvalue weighted by Crippen LogP contribution is 2.03. The van der Waals surface area contributed by atoms with Crippen molar-refractivity contribution in [2.24, 2.45) is 5.73 Å². The molecule has 3 N–H and O–H groups in total. The van der Waals surface area contributed by atoms with Crippen LogP contribution in [0.4, 0.5) is 0 Å². The summed E-state index contributed by atoms with van der Waals surface area (Å²) in [5.41, 5.74) is 4.50. The smallest absolute Gasteiger partial charge is 0.0774 e. The fraction of sp³-hybridized carbons (Fsp3) is 1.00. The maximum atomic E-state index is 8.78. The standard InChI is InChI=1S/C5H10O2.CH5N/c6-5-2-1-3-7-4-5;1-2/h5-6H,1-4H2;2H2,1H3. The van der Waals surface area contributed by atoms with Gasteiger partial charge in [-0.2, -0.15) is 0 Å². The summed E-state index contributed by atoms with van der Waals surface area (Å²) in [5.74, 6) is 0. The van der Waals surface area contributed by atoms with Crippen molar-refractivity contribution in [2.75, 3.05) is 20.3 Å². The number of ether oxygens (including phenoxy) is 1. The maximum absolute atomic E-state index is 8.78. The van der Waals surface area contributed by atoms with E-state index in [2.05, 4.69) is 5.73 Å². The van der Waals surface area contributed by atoms with Gasteiger partial charge in [0.1, 0.15) is 0 Å². The second-order valence-electron chi connectivity index (χ2n) is 1.87. The van der Waals surface area contributed by atoms with Crippen LogP contribution in [0.5, 0.6) is 0 Å². The third-order valence-corrected chi connectivity index (χ3v) is 1.14. The average Bonchev–Trinajstić information content (AvgIpc) is 1.94. The Bertz CT molecular complexity index is 53.0. The van der Waals surface area contributed by atoms with Crippen molar-refractivity contribution in [2.45, 2.75) is 18.9 Å². The molecule has 1 saturated heterocycles. The minimum absolute atomic E-state index is 0.186. The number of hydrogen-bond acceptors (Lipinski definition) is 3. The van der Waals surface area contributed by atoms with Crippen LogP contribution in [0.25, 0.3) is 0 Å². The molecule has 1 heterocycles. The molecule has 1 rings (SSSR count). The third-order valence-electron chi connectivity index (χ3n) is 1.14. The Morgan fingerprint density at radius 2 is 2.22 bits per heavy atom. The SMILES string of the molecule is CN.OC1CCCOC1. The molecular formula is C6H15NO2. The first-order valence-electron chi connectivity index (χ1n) is 3.23. The van der Waals surface area contributed by atoms with Crippen LogP contribution in [0.1, 0.15) is 12.8 Å². The van der Waals surface area contributed by atoms with Crippen LogP contribution in [-0.4, -0.2) is 31.5 Å². The quantitative estimate of drug-likeness (QED) is 0.478. The van der Waals surface area contributed by atoms with Gasteiger partial charge in [0.05, 0.1) is 12.7 Å². The molecule has 1 unspecified atom stereocenters. The summed E-state index contributed by atoms with van der Waals surface area (Å²) in [6, 6.07) is 0. The normalized spacial score (nSPS) is 26.3. The van der Waals surface area contributed by atoms with Gasteiger partial charge in [-0.25, -0.2) is 0 Å². The van der Waals surface area contributed by atoms with E-state index in [0.717, 1.165) is 19.4 Å². The lowest BCUT2D eigenvalue weighted by Crippen LogP contribution is -2.21. The first-order valence-corrected chi connectivity index (χ1v) is 3.23. The van der Waals surface area contributed by atoms with Gasteiger partial charge in [-0.3, -0.25) is 0 Å². The molecule has 1 fully saturated rings. The largest absolute Gasteiger partial charge is 0.391 e. The summed E-state index contributed by atoms with van der Waals surface area (Å²) in [4.78, 5) is 0. The lowest BCUT2D eigenvalue weighted by Gasteiger charge is -2.15. The topological polar surface area (TPSA) is 55.5 Å². The molecule has 0 aromatic rings. The van der Waals surface area contributed by atoms with E-state index in [9.17, 15) is 0 Å².